The Kier molecular flexibility index (Phi) is 6.43. The highest BCUT2D eigenvalue weighted by atomic mass is 16.5. The standard InChI is InChI=1S/C16H28N2O2/c1-12(2)14-9-13(11-17-5)10-15(18-14)20-8-7-16(3,4)19-6/h9-10,12,17H,7-8,11H2,1-6H3. The van der Waals surface area contributed by atoms with Crippen LogP contribution in [-0.2, 0) is 11.3 Å². The number of methoxy groups -OCH3 is 1. The van der Waals surface area contributed by atoms with Crippen molar-refractivity contribution in [3.63, 3.8) is 0 Å². The van der Waals surface area contributed by atoms with Crippen molar-refractivity contribution >= 4 is 0 Å². The second-order valence-corrected chi connectivity index (χ2v) is 5.99. The number of nitrogens with zero attached hydrogens (tertiary/aromatic N) is 1. The second kappa shape index (κ2) is 7.60. The smallest absolute Gasteiger partial charge is 0.213 e. The van der Waals surface area contributed by atoms with E-state index in [0.29, 0.717) is 18.4 Å². The van der Waals surface area contributed by atoms with Crippen LogP contribution in [0.3, 0.4) is 0 Å². The predicted octanol–water partition coefficient (Wildman–Crippen LogP) is 3.12. The van der Waals surface area contributed by atoms with Gasteiger partial charge >= 0.3 is 0 Å². The first-order chi connectivity index (χ1) is 9.38. The molecule has 20 heavy (non-hydrogen) atoms. The number of rotatable bonds is 8. The summed E-state index contributed by atoms with van der Waals surface area (Å²) in [5.41, 5.74) is 2.11. The maximum atomic E-state index is 5.80. The molecular formula is C16H28N2O2. The number of aromatic nitrogens is 1. The normalized spacial score (nSPS) is 11.9. The monoisotopic (exact) mass is 280 g/mol. The molecule has 0 aliphatic heterocycles. The Morgan fingerprint density at radius 2 is 2.00 bits per heavy atom. The van der Waals surface area contributed by atoms with Crippen LogP contribution in [-0.4, -0.2) is 31.3 Å². The maximum Gasteiger partial charge on any atom is 0.213 e. The van der Waals surface area contributed by atoms with Crippen molar-refractivity contribution in [2.45, 2.75) is 52.2 Å². The zero-order valence-corrected chi connectivity index (χ0v) is 13.6. The van der Waals surface area contributed by atoms with Crippen LogP contribution in [0.15, 0.2) is 12.1 Å². The zero-order valence-electron chi connectivity index (χ0n) is 13.6. The van der Waals surface area contributed by atoms with Gasteiger partial charge in [0.05, 0.1) is 12.2 Å². The van der Waals surface area contributed by atoms with Crippen molar-refractivity contribution in [2.75, 3.05) is 20.8 Å². The van der Waals surface area contributed by atoms with Gasteiger partial charge < -0.3 is 14.8 Å². The highest BCUT2D eigenvalue weighted by molar-refractivity contribution is 5.26. The van der Waals surface area contributed by atoms with Crippen molar-refractivity contribution in [3.8, 4) is 5.88 Å². The van der Waals surface area contributed by atoms with Gasteiger partial charge in [-0.25, -0.2) is 4.98 Å². The van der Waals surface area contributed by atoms with Gasteiger partial charge in [-0.15, -0.1) is 0 Å². The van der Waals surface area contributed by atoms with Crippen LogP contribution in [0.2, 0.25) is 0 Å². The van der Waals surface area contributed by atoms with E-state index in [1.807, 2.05) is 13.1 Å². The third kappa shape index (κ3) is 5.47. The highest BCUT2D eigenvalue weighted by Crippen LogP contribution is 2.20. The average molecular weight is 280 g/mol. The van der Waals surface area contributed by atoms with Gasteiger partial charge in [0.25, 0.3) is 0 Å². The van der Waals surface area contributed by atoms with Gasteiger partial charge in [0.2, 0.25) is 5.88 Å². The van der Waals surface area contributed by atoms with Crippen LogP contribution in [0, 0.1) is 0 Å². The Labute approximate surface area is 122 Å². The third-order valence-electron chi connectivity index (χ3n) is 3.36. The summed E-state index contributed by atoms with van der Waals surface area (Å²) in [6.07, 6.45) is 0.832. The number of pyridine rings is 1. The van der Waals surface area contributed by atoms with Crippen LogP contribution >= 0.6 is 0 Å². The van der Waals surface area contributed by atoms with E-state index in [1.165, 1.54) is 5.56 Å². The molecule has 0 amide bonds. The summed E-state index contributed by atoms with van der Waals surface area (Å²) in [6.45, 7) is 9.82. The Bertz CT molecular complexity index is 417. The molecule has 0 saturated heterocycles. The molecule has 0 saturated carbocycles. The van der Waals surface area contributed by atoms with Crippen molar-refractivity contribution < 1.29 is 9.47 Å². The molecule has 114 valence electrons. The molecule has 1 aromatic rings. The molecule has 0 aromatic carbocycles. The van der Waals surface area contributed by atoms with Crippen LogP contribution in [0.1, 0.15) is 51.3 Å². The summed E-state index contributed by atoms with van der Waals surface area (Å²) >= 11 is 0. The van der Waals surface area contributed by atoms with Crippen LogP contribution in [0.4, 0.5) is 0 Å². The molecule has 0 atom stereocenters. The minimum Gasteiger partial charge on any atom is -0.478 e. The first-order valence-electron chi connectivity index (χ1n) is 7.21. The van der Waals surface area contributed by atoms with Gasteiger partial charge in [-0.05, 0) is 38.4 Å². The van der Waals surface area contributed by atoms with E-state index in [1.54, 1.807) is 7.11 Å². The summed E-state index contributed by atoms with van der Waals surface area (Å²) in [4.78, 5) is 4.57. The van der Waals surface area contributed by atoms with E-state index >= 15 is 0 Å². The largest absolute Gasteiger partial charge is 0.478 e. The van der Waals surface area contributed by atoms with E-state index in [0.717, 1.165) is 18.7 Å². The number of hydrogen-bond donors (Lipinski definition) is 1. The van der Waals surface area contributed by atoms with Gasteiger partial charge in [0.1, 0.15) is 0 Å². The summed E-state index contributed by atoms with van der Waals surface area (Å²) in [5.74, 6) is 1.10. The highest BCUT2D eigenvalue weighted by Gasteiger charge is 2.16. The summed E-state index contributed by atoms with van der Waals surface area (Å²) in [7, 11) is 3.67. The zero-order chi connectivity index (χ0) is 15.2. The fraction of sp³-hybridized carbons (Fsp3) is 0.688. The van der Waals surface area contributed by atoms with Crippen molar-refractivity contribution in [1.82, 2.24) is 10.3 Å². The van der Waals surface area contributed by atoms with Gasteiger partial charge in [0, 0.05) is 31.8 Å². The molecule has 0 fully saturated rings. The molecule has 4 heteroatoms. The van der Waals surface area contributed by atoms with E-state index in [2.05, 4.69) is 44.1 Å². The van der Waals surface area contributed by atoms with Crippen LogP contribution < -0.4 is 10.1 Å². The Hall–Kier alpha value is -1.13. The fourth-order valence-electron chi connectivity index (χ4n) is 1.76. The third-order valence-corrected chi connectivity index (χ3v) is 3.36. The Morgan fingerprint density at radius 3 is 2.55 bits per heavy atom. The molecule has 0 radical (unpaired) electrons. The average Bonchev–Trinajstić information content (AvgIpc) is 2.38. The quantitative estimate of drug-likeness (QED) is 0.794. The molecule has 0 spiro atoms. The molecule has 1 rings (SSSR count). The van der Waals surface area contributed by atoms with E-state index < -0.39 is 0 Å². The maximum absolute atomic E-state index is 5.80. The van der Waals surface area contributed by atoms with Crippen LogP contribution in [0.5, 0.6) is 5.88 Å². The topological polar surface area (TPSA) is 43.4 Å². The lowest BCUT2D eigenvalue weighted by Crippen LogP contribution is -2.25. The number of ether oxygens (including phenoxy) is 2. The van der Waals surface area contributed by atoms with Gasteiger partial charge in [-0.2, -0.15) is 0 Å². The van der Waals surface area contributed by atoms with Crippen LogP contribution in [0.25, 0.3) is 0 Å². The van der Waals surface area contributed by atoms with E-state index in [4.69, 9.17) is 9.47 Å². The lowest BCUT2D eigenvalue weighted by Gasteiger charge is -2.22. The SMILES string of the molecule is CNCc1cc(OCCC(C)(C)OC)nc(C(C)C)c1. The Morgan fingerprint density at radius 1 is 1.30 bits per heavy atom. The molecule has 1 heterocycles. The second-order valence-electron chi connectivity index (χ2n) is 5.99. The van der Waals surface area contributed by atoms with Crippen molar-refractivity contribution in [2.24, 2.45) is 0 Å². The van der Waals surface area contributed by atoms with Gasteiger partial charge in [-0.1, -0.05) is 13.8 Å². The van der Waals surface area contributed by atoms with Gasteiger partial charge in [0.15, 0.2) is 0 Å². The van der Waals surface area contributed by atoms with E-state index in [9.17, 15) is 0 Å². The first-order valence-corrected chi connectivity index (χ1v) is 7.21. The molecule has 1 aromatic heterocycles. The molecule has 0 bridgehead atoms. The van der Waals surface area contributed by atoms with Crippen molar-refractivity contribution in [1.29, 1.82) is 0 Å². The molecule has 0 aliphatic carbocycles. The minimum atomic E-state index is -0.163. The van der Waals surface area contributed by atoms with E-state index in [-0.39, 0.29) is 5.60 Å². The lowest BCUT2D eigenvalue weighted by atomic mass is 10.1. The summed E-state index contributed by atoms with van der Waals surface area (Å²) in [6, 6.07) is 4.13. The number of hydrogen-bond acceptors (Lipinski definition) is 4. The van der Waals surface area contributed by atoms with Gasteiger partial charge in [-0.3, -0.25) is 0 Å². The lowest BCUT2D eigenvalue weighted by molar-refractivity contribution is 0.00506. The summed E-state index contributed by atoms with van der Waals surface area (Å²) in [5, 5.41) is 3.16. The Balaban J connectivity index is 2.73. The number of nitrogens with one attached hydrogen (secondary N) is 1. The molecule has 1 N–H and O–H groups in total. The molecular weight excluding hydrogens is 252 g/mol. The fourth-order valence-corrected chi connectivity index (χ4v) is 1.76. The predicted molar refractivity (Wildman–Crippen MR) is 82.3 cm³/mol. The van der Waals surface area contributed by atoms with Crippen molar-refractivity contribution in [3.05, 3.63) is 23.4 Å². The minimum absolute atomic E-state index is 0.163. The molecule has 0 aliphatic rings. The summed E-state index contributed by atoms with van der Waals surface area (Å²) < 4.78 is 11.2. The first kappa shape index (κ1) is 16.9. The molecule has 4 nitrogen and oxygen atoms in total. The molecule has 0 unspecified atom stereocenters.